The van der Waals surface area contributed by atoms with Crippen molar-refractivity contribution < 1.29 is 18.8 Å². The van der Waals surface area contributed by atoms with Crippen LogP contribution in [-0.4, -0.2) is 27.6 Å². The first-order chi connectivity index (χ1) is 8.15. The molecule has 1 saturated carbocycles. The summed E-state index contributed by atoms with van der Waals surface area (Å²) in [4.78, 5) is 11.6. The maximum atomic E-state index is 12.3. The van der Waals surface area contributed by atoms with Crippen molar-refractivity contribution in [2.75, 3.05) is 7.11 Å². The van der Waals surface area contributed by atoms with Gasteiger partial charge in [-0.15, -0.1) is 0 Å². The fraction of sp³-hybridized carbons (Fsp3) is 0.417. The van der Waals surface area contributed by atoms with Crippen LogP contribution in [0, 0.1) is 5.92 Å². The lowest BCUT2D eigenvalue weighted by molar-refractivity contribution is -0.136. The standard InChI is InChI=1S/C12H14O4S/c1-16-9-4-2-3-5-10(9)17(15)11(12(13)14)8-6-7-8/h2-5,8,11H,6-7H2,1H3,(H,13,14). The summed E-state index contributed by atoms with van der Waals surface area (Å²) >= 11 is 0. The van der Waals surface area contributed by atoms with Crippen LogP contribution in [0.4, 0.5) is 0 Å². The predicted molar refractivity (Wildman–Crippen MR) is 63.6 cm³/mol. The van der Waals surface area contributed by atoms with E-state index in [0.29, 0.717) is 10.6 Å². The number of aliphatic carboxylic acids is 1. The molecule has 1 aromatic rings. The summed E-state index contributed by atoms with van der Waals surface area (Å²) in [6.07, 6.45) is 1.69. The highest BCUT2D eigenvalue weighted by Crippen LogP contribution is 2.38. The molecule has 92 valence electrons. The number of hydrogen-bond donors (Lipinski definition) is 1. The van der Waals surface area contributed by atoms with Gasteiger partial charge >= 0.3 is 5.97 Å². The minimum Gasteiger partial charge on any atom is -0.495 e. The Labute approximate surface area is 102 Å². The number of methoxy groups -OCH3 is 1. The second-order valence-corrected chi connectivity index (χ2v) is 5.59. The molecule has 0 heterocycles. The number of ether oxygens (including phenoxy) is 1. The van der Waals surface area contributed by atoms with E-state index in [-0.39, 0.29) is 5.92 Å². The van der Waals surface area contributed by atoms with Crippen molar-refractivity contribution in [2.45, 2.75) is 23.0 Å². The van der Waals surface area contributed by atoms with Crippen LogP contribution in [0.5, 0.6) is 5.75 Å². The van der Waals surface area contributed by atoms with E-state index < -0.39 is 22.0 Å². The van der Waals surface area contributed by atoms with Gasteiger partial charge in [0, 0.05) is 0 Å². The molecule has 1 aromatic carbocycles. The lowest BCUT2D eigenvalue weighted by Gasteiger charge is -2.13. The van der Waals surface area contributed by atoms with Gasteiger partial charge < -0.3 is 9.84 Å². The third-order valence-electron chi connectivity index (χ3n) is 2.81. The van der Waals surface area contributed by atoms with Gasteiger partial charge in [-0.3, -0.25) is 9.00 Å². The van der Waals surface area contributed by atoms with E-state index in [2.05, 4.69) is 0 Å². The molecule has 5 heteroatoms. The summed E-state index contributed by atoms with van der Waals surface area (Å²) in [5.41, 5.74) is 0. The van der Waals surface area contributed by atoms with Gasteiger partial charge in [0.1, 0.15) is 11.0 Å². The van der Waals surface area contributed by atoms with Crippen LogP contribution in [0.2, 0.25) is 0 Å². The fourth-order valence-electron chi connectivity index (χ4n) is 1.79. The van der Waals surface area contributed by atoms with Crippen LogP contribution in [0.1, 0.15) is 12.8 Å². The second-order valence-electron chi connectivity index (χ2n) is 4.04. The summed E-state index contributed by atoms with van der Waals surface area (Å²) in [6.45, 7) is 0. The first kappa shape index (κ1) is 12.1. The molecule has 2 unspecified atom stereocenters. The molecule has 4 nitrogen and oxygen atoms in total. The molecule has 2 rings (SSSR count). The molecule has 1 aliphatic carbocycles. The zero-order chi connectivity index (χ0) is 12.4. The number of rotatable bonds is 5. The van der Waals surface area contributed by atoms with Crippen LogP contribution < -0.4 is 4.74 Å². The molecule has 0 spiro atoms. The van der Waals surface area contributed by atoms with Crippen LogP contribution in [0.3, 0.4) is 0 Å². The molecule has 17 heavy (non-hydrogen) atoms. The van der Waals surface area contributed by atoms with Crippen LogP contribution >= 0.6 is 0 Å². The van der Waals surface area contributed by atoms with Crippen LogP contribution in [0.25, 0.3) is 0 Å². The number of hydrogen-bond acceptors (Lipinski definition) is 3. The Kier molecular flexibility index (Phi) is 3.47. The summed E-state index contributed by atoms with van der Waals surface area (Å²) < 4.78 is 17.4. The van der Waals surface area contributed by atoms with E-state index in [0.717, 1.165) is 12.8 Å². The molecule has 0 saturated heterocycles. The smallest absolute Gasteiger partial charge is 0.319 e. The molecule has 0 amide bonds. The molecule has 0 aromatic heterocycles. The van der Waals surface area contributed by atoms with Crippen LogP contribution in [-0.2, 0) is 15.6 Å². The first-order valence-corrected chi connectivity index (χ1v) is 6.63. The summed E-state index contributed by atoms with van der Waals surface area (Å²) in [5, 5.41) is 8.33. The quantitative estimate of drug-likeness (QED) is 0.868. The topological polar surface area (TPSA) is 63.6 Å². The SMILES string of the molecule is COc1ccccc1S(=O)C(C(=O)O)C1CC1. The van der Waals surface area contributed by atoms with Gasteiger partial charge in [-0.05, 0) is 30.9 Å². The summed E-state index contributed by atoms with van der Waals surface area (Å²) in [7, 11) is -0.0659. The number of carboxylic acids is 1. The molecular weight excluding hydrogens is 240 g/mol. The van der Waals surface area contributed by atoms with Crippen molar-refractivity contribution in [1.29, 1.82) is 0 Å². The summed E-state index contributed by atoms with van der Waals surface area (Å²) in [6, 6.07) is 6.86. The Hall–Kier alpha value is -1.36. The third-order valence-corrected chi connectivity index (χ3v) is 4.63. The van der Waals surface area contributed by atoms with E-state index in [4.69, 9.17) is 9.84 Å². The van der Waals surface area contributed by atoms with Crippen LogP contribution in [0.15, 0.2) is 29.2 Å². The van der Waals surface area contributed by atoms with Gasteiger partial charge in [0.2, 0.25) is 0 Å². The maximum Gasteiger partial charge on any atom is 0.319 e. The zero-order valence-corrected chi connectivity index (χ0v) is 10.3. The lowest BCUT2D eigenvalue weighted by atomic mass is 10.3. The van der Waals surface area contributed by atoms with Crippen molar-refractivity contribution in [3.63, 3.8) is 0 Å². The van der Waals surface area contributed by atoms with Crippen molar-refractivity contribution in [1.82, 2.24) is 0 Å². The van der Waals surface area contributed by atoms with Gasteiger partial charge in [-0.1, -0.05) is 12.1 Å². The monoisotopic (exact) mass is 254 g/mol. The Morgan fingerprint density at radius 2 is 2.12 bits per heavy atom. The zero-order valence-electron chi connectivity index (χ0n) is 9.46. The van der Waals surface area contributed by atoms with Gasteiger partial charge in [0.05, 0.1) is 22.8 Å². The highest BCUT2D eigenvalue weighted by atomic mass is 32.2. The molecule has 1 fully saturated rings. The first-order valence-electron chi connectivity index (χ1n) is 5.41. The average molecular weight is 254 g/mol. The van der Waals surface area contributed by atoms with Gasteiger partial charge in [0.25, 0.3) is 0 Å². The Balaban J connectivity index is 2.31. The third kappa shape index (κ3) is 2.49. The largest absolute Gasteiger partial charge is 0.495 e. The van der Waals surface area contributed by atoms with E-state index in [1.807, 2.05) is 0 Å². The maximum absolute atomic E-state index is 12.3. The highest BCUT2D eigenvalue weighted by Gasteiger charge is 2.41. The number of benzene rings is 1. The van der Waals surface area contributed by atoms with Crippen molar-refractivity contribution in [3.05, 3.63) is 24.3 Å². The van der Waals surface area contributed by atoms with Crippen molar-refractivity contribution >= 4 is 16.8 Å². The van der Waals surface area contributed by atoms with E-state index in [9.17, 15) is 9.00 Å². The van der Waals surface area contributed by atoms with E-state index in [1.54, 1.807) is 24.3 Å². The summed E-state index contributed by atoms with van der Waals surface area (Å²) in [5.74, 6) is -0.465. The molecule has 0 radical (unpaired) electrons. The van der Waals surface area contributed by atoms with Crippen molar-refractivity contribution in [3.8, 4) is 5.75 Å². The average Bonchev–Trinajstić information content (AvgIpc) is 3.13. The fourth-order valence-corrected chi connectivity index (χ4v) is 3.43. The van der Waals surface area contributed by atoms with E-state index in [1.165, 1.54) is 7.11 Å². The van der Waals surface area contributed by atoms with Crippen molar-refractivity contribution in [2.24, 2.45) is 5.92 Å². The molecule has 0 aliphatic heterocycles. The van der Waals surface area contributed by atoms with Gasteiger partial charge in [-0.2, -0.15) is 0 Å². The second kappa shape index (κ2) is 4.87. The Bertz CT molecular complexity index is 454. The molecule has 2 atom stereocenters. The van der Waals surface area contributed by atoms with E-state index >= 15 is 0 Å². The molecule has 1 aliphatic rings. The normalized spacial score (nSPS) is 18.4. The van der Waals surface area contributed by atoms with Gasteiger partial charge in [-0.25, -0.2) is 0 Å². The Morgan fingerprint density at radius 3 is 2.65 bits per heavy atom. The minimum absolute atomic E-state index is 0.0400. The lowest BCUT2D eigenvalue weighted by Crippen LogP contribution is -2.28. The number of carboxylic acid groups (broad SMARTS) is 1. The highest BCUT2D eigenvalue weighted by molar-refractivity contribution is 7.86. The predicted octanol–water partition coefficient (Wildman–Crippen LogP) is 1.67. The molecule has 1 N–H and O–H groups in total. The van der Waals surface area contributed by atoms with Gasteiger partial charge in [0.15, 0.2) is 0 Å². The molecular formula is C12H14O4S. The minimum atomic E-state index is -1.55. The Morgan fingerprint density at radius 1 is 1.47 bits per heavy atom. The molecule has 0 bridgehead atoms. The number of para-hydroxylation sites is 1. The number of carbonyl (C=O) groups is 1.